The Morgan fingerprint density at radius 3 is 2.25 bits per heavy atom. The predicted molar refractivity (Wildman–Crippen MR) is 103 cm³/mol. The van der Waals surface area contributed by atoms with Crippen LogP contribution in [0.15, 0.2) is 16.5 Å². The molecule has 0 saturated carbocycles. The Balaban J connectivity index is 1.80. The van der Waals surface area contributed by atoms with Crippen LogP contribution >= 0.6 is 0 Å². The predicted octanol–water partition coefficient (Wildman–Crippen LogP) is 5.82. The van der Waals surface area contributed by atoms with Gasteiger partial charge in [0.1, 0.15) is 22.6 Å². The lowest BCUT2D eigenvalue weighted by Crippen LogP contribution is -2.38. The van der Waals surface area contributed by atoms with Crippen molar-refractivity contribution in [1.29, 1.82) is 0 Å². The van der Waals surface area contributed by atoms with Crippen LogP contribution < -0.4 is 10.1 Å². The van der Waals surface area contributed by atoms with Crippen molar-refractivity contribution in [2.75, 3.05) is 5.32 Å². The highest BCUT2D eigenvalue weighted by molar-refractivity contribution is 6.14. The second-order valence-corrected chi connectivity index (χ2v) is 7.77. The number of anilines is 1. The van der Waals surface area contributed by atoms with Gasteiger partial charge in [-0.15, -0.1) is 0 Å². The SMILES string of the molecule is CC[C@]1(C)CC(=O)c2c(ccc3oc(C(=O)Nc4c(F)c(F)c(F)c(F)c4F)c(C)c23)O1. The molecule has 1 amide bonds. The van der Waals surface area contributed by atoms with E-state index in [0.29, 0.717) is 12.2 Å². The second kappa shape index (κ2) is 7.32. The van der Waals surface area contributed by atoms with Crippen LogP contribution in [0.5, 0.6) is 5.75 Å². The van der Waals surface area contributed by atoms with Crippen LogP contribution in [-0.2, 0) is 0 Å². The molecule has 1 N–H and O–H groups in total. The third kappa shape index (κ3) is 3.12. The van der Waals surface area contributed by atoms with E-state index in [1.54, 1.807) is 12.2 Å². The monoisotopic (exact) mass is 453 g/mol. The zero-order chi connectivity index (χ0) is 23.5. The summed E-state index contributed by atoms with van der Waals surface area (Å²) in [7, 11) is 0. The van der Waals surface area contributed by atoms with Gasteiger partial charge in [-0.1, -0.05) is 6.92 Å². The van der Waals surface area contributed by atoms with Gasteiger partial charge in [-0.3, -0.25) is 9.59 Å². The number of Topliss-reactive ketones (excluding diaryl/α,β-unsaturated/α-hetero) is 1. The average Bonchev–Trinajstić information content (AvgIpc) is 3.10. The largest absolute Gasteiger partial charge is 0.486 e. The van der Waals surface area contributed by atoms with Gasteiger partial charge < -0.3 is 14.5 Å². The van der Waals surface area contributed by atoms with E-state index in [2.05, 4.69) is 0 Å². The van der Waals surface area contributed by atoms with Crippen molar-refractivity contribution in [1.82, 2.24) is 0 Å². The number of rotatable bonds is 3. The van der Waals surface area contributed by atoms with Crippen LogP contribution in [0, 0.1) is 36.0 Å². The minimum atomic E-state index is -2.35. The standard InChI is InChI=1S/C22H16F5NO4/c1-4-22(3)7-9(29)13-11(32-22)6-5-10-12(13)8(2)20(31-10)21(30)28-19-17(26)15(24)14(23)16(25)18(19)27/h5-6H,4,7H2,1-3H3,(H,28,30)/t22-/m1/s1. The van der Waals surface area contributed by atoms with Gasteiger partial charge in [0.15, 0.2) is 34.8 Å². The summed E-state index contributed by atoms with van der Waals surface area (Å²) in [5, 5.41) is 1.94. The number of hydrogen-bond donors (Lipinski definition) is 1. The molecular formula is C22H16F5NO4. The number of nitrogens with one attached hydrogen (secondary N) is 1. The molecule has 5 nitrogen and oxygen atoms in total. The number of carbonyl (C=O) groups is 2. The van der Waals surface area contributed by atoms with Gasteiger partial charge in [-0.25, -0.2) is 22.0 Å². The first-order chi connectivity index (χ1) is 15.0. The maximum atomic E-state index is 13.9. The lowest BCUT2D eigenvalue weighted by atomic mass is 9.87. The first-order valence-electron chi connectivity index (χ1n) is 9.60. The Kier molecular flexibility index (Phi) is 4.98. The quantitative estimate of drug-likeness (QED) is 0.308. The number of carbonyl (C=O) groups excluding carboxylic acids is 2. The van der Waals surface area contributed by atoms with Crippen molar-refractivity contribution >= 4 is 28.3 Å². The van der Waals surface area contributed by atoms with Crippen molar-refractivity contribution < 1.29 is 40.7 Å². The summed E-state index contributed by atoms with van der Waals surface area (Å²) >= 11 is 0. The summed E-state index contributed by atoms with van der Waals surface area (Å²) in [6.45, 7) is 5.10. The molecule has 0 unspecified atom stereocenters. The van der Waals surface area contributed by atoms with Gasteiger partial charge in [0, 0.05) is 10.9 Å². The van der Waals surface area contributed by atoms with Crippen LogP contribution in [-0.4, -0.2) is 17.3 Å². The summed E-state index contributed by atoms with van der Waals surface area (Å²) in [5.74, 6) is -12.8. The molecule has 0 saturated heterocycles. The molecular weight excluding hydrogens is 437 g/mol. The fraction of sp³-hybridized carbons (Fsp3) is 0.273. The summed E-state index contributed by atoms with van der Waals surface area (Å²) in [6, 6.07) is 2.97. The van der Waals surface area contributed by atoms with Gasteiger partial charge >= 0.3 is 0 Å². The van der Waals surface area contributed by atoms with Crippen LogP contribution in [0.2, 0.25) is 0 Å². The van der Waals surface area contributed by atoms with Gasteiger partial charge in [-0.05, 0) is 32.4 Å². The van der Waals surface area contributed by atoms with Crippen LogP contribution in [0.4, 0.5) is 27.6 Å². The molecule has 10 heteroatoms. The molecule has 2 aromatic carbocycles. The van der Waals surface area contributed by atoms with Crippen LogP contribution in [0.25, 0.3) is 11.0 Å². The lowest BCUT2D eigenvalue weighted by Gasteiger charge is -2.34. The van der Waals surface area contributed by atoms with E-state index >= 15 is 0 Å². The fourth-order valence-corrected chi connectivity index (χ4v) is 3.71. The summed E-state index contributed by atoms with van der Waals surface area (Å²) in [6.07, 6.45) is 0.669. The molecule has 1 aliphatic heterocycles. The number of furan rings is 1. The number of halogens is 5. The fourth-order valence-electron chi connectivity index (χ4n) is 3.71. The number of ether oxygens (including phenoxy) is 1. The zero-order valence-corrected chi connectivity index (χ0v) is 17.1. The lowest BCUT2D eigenvalue weighted by molar-refractivity contribution is 0.0503. The van der Waals surface area contributed by atoms with E-state index in [9.17, 15) is 31.5 Å². The molecule has 4 rings (SSSR count). The van der Waals surface area contributed by atoms with E-state index < -0.39 is 52.0 Å². The Morgan fingerprint density at radius 1 is 1.06 bits per heavy atom. The summed E-state index contributed by atoms with van der Waals surface area (Å²) < 4.78 is 79.4. The average molecular weight is 453 g/mol. The highest BCUT2D eigenvalue weighted by atomic mass is 19.2. The molecule has 0 spiro atoms. The summed E-state index contributed by atoms with van der Waals surface area (Å²) in [5.41, 5.74) is -1.73. The number of amides is 1. The second-order valence-electron chi connectivity index (χ2n) is 7.77. The molecule has 2 heterocycles. The molecule has 1 aliphatic rings. The number of benzene rings is 2. The molecule has 0 aliphatic carbocycles. The van der Waals surface area contributed by atoms with Crippen molar-refractivity contribution in [3.05, 3.63) is 58.1 Å². The molecule has 3 aromatic rings. The molecule has 0 fully saturated rings. The smallest absolute Gasteiger partial charge is 0.291 e. The Labute approximate surface area is 178 Å². The van der Waals surface area contributed by atoms with E-state index in [1.165, 1.54) is 19.1 Å². The minimum absolute atomic E-state index is 0.0896. The van der Waals surface area contributed by atoms with Crippen molar-refractivity contribution in [3.8, 4) is 5.75 Å². The molecule has 0 bridgehead atoms. The third-order valence-corrected chi connectivity index (χ3v) is 5.63. The normalized spacial score (nSPS) is 17.9. The van der Waals surface area contributed by atoms with Crippen molar-refractivity contribution in [3.63, 3.8) is 0 Å². The molecule has 32 heavy (non-hydrogen) atoms. The van der Waals surface area contributed by atoms with E-state index in [4.69, 9.17) is 9.15 Å². The van der Waals surface area contributed by atoms with Crippen LogP contribution in [0.1, 0.15) is 53.2 Å². The van der Waals surface area contributed by atoms with E-state index in [1.807, 2.05) is 6.92 Å². The highest BCUT2D eigenvalue weighted by Gasteiger charge is 2.38. The van der Waals surface area contributed by atoms with E-state index in [0.717, 1.165) is 0 Å². The Hall–Kier alpha value is -3.43. The van der Waals surface area contributed by atoms with Gasteiger partial charge in [0.05, 0.1) is 12.0 Å². The summed E-state index contributed by atoms with van der Waals surface area (Å²) in [4.78, 5) is 25.5. The van der Waals surface area contributed by atoms with Crippen molar-refractivity contribution in [2.45, 2.75) is 39.2 Å². The maximum Gasteiger partial charge on any atom is 0.291 e. The topological polar surface area (TPSA) is 68.5 Å². The Morgan fingerprint density at radius 2 is 1.66 bits per heavy atom. The zero-order valence-electron chi connectivity index (χ0n) is 17.1. The Bertz CT molecular complexity index is 1290. The number of fused-ring (bicyclic) bond motifs is 3. The first kappa shape index (κ1) is 21.8. The van der Waals surface area contributed by atoms with Crippen molar-refractivity contribution in [2.24, 2.45) is 0 Å². The minimum Gasteiger partial charge on any atom is -0.486 e. The first-order valence-corrected chi connectivity index (χ1v) is 9.60. The van der Waals surface area contributed by atoms with Gasteiger partial charge in [0.25, 0.3) is 5.91 Å². The molecule has 168 valence electrons. The highest BCUT2D eigenvalue weighted by Crippen LogP contribution is 2.41. The number of aryl methyl sites for hydroxylation is 1. The molecule has 1 atom stereocenters. The van der Waals surface area contributed by atoms with E-state index in [-0.39, 0.29) is 34.3 Å². The van der Waals surface area contributed by atoms with Crippen LogP contribution in [0.3, 0.4) is 0 Å². The molecule has 1 aromatic heterocycles. The third-order valence-electron chi connectivity index (χ3n) is 5.63. The maximum absolute atomic E-state index is 13.9. The molecule has 0 radical (unpaired) electrons. The number of hydrogen-bond acceptors (Lipinski definition) is 4. The number of ketones is 1. The van der Waals surface area contributed by atoms with Gasteiger partial charge in [0.2, 0.25) is 5.82 Å². The van der Waals surface area contributed by atoms with Gasteiger partial charge in [-0.2, -0.15) is 0 Å².